The Labute approximate surface area is 340 Å². The molecule has 1 N–H and O–H groups in total. The number of rotatable bonds is 5. The van der Waals surface area contributed by atoms with Crippen molar-refractivity contribution in [3.8, 4) is 0 Å². The topological polar surface area (TPSA) is 99.1 Å². The molecule has 13 aliphatic rings. The van der Waals surface area contributed by atoms with Gasteiger partial charge in [0.2, 0.25) is 0 Å². The van der Waals surface area contributed by atoms with Gasteiger partial charge in [0.1, 0.15) is 5.60 Å². The van der Waals surface area contributed by atoms with E-state index >= 15 is 0 Å². The molecule has 0 aromatic heterocycles. The molecule has 0 aromatic carbocycles. The third kappa shape index (κ3) is 4.49. The fourth-order valence-corrected chi connectivity index (χ4v) is 19.4. The summed E-state index contributed by atoms with van der Waals surface area (Å²) in [6.07, 6.45) is 20.6. The van der Waals surface area contributed by atoms with Crippen molar-refractivity contribution in [1.82, 2.24) is 0 Å². The minimum atomic E-state index is -0.577. The van der Waals surface area contributed by atoms with Gasteiger partial charge in [-0.15, -0.1) is 0 Å². The summed E-state index contributed by atoms with van der Waals surface area (Å²) >= 11 is 0. The lowest BCUT2D eigenvalue weighted by Crippen LogP contribution is -2.57. The average molecular weight is 781 g/mol. The van der Waals surface area contributed by atoms with Gasteiger partial charge in [-0.1, -0.05) is 38.8 Å². The zero-order valence-corrected chi connectivity index (χ0v) is 35.5. The summed E-state index contributed by atoms with van der Waals surface area (Å²) in [4.78, 5) is 36.5. The third-order valence-corrected chi connectivity index (χ3v) is 22.1. The second-order valence-corrected chi connectivity index (χ2v) is 23.6. The quantitative estimate of drug-likeness (QED) is 0.220. The van der Waals surface area contributed by atoms with Crippen LogP contribution >= 0.6 is 0 Å². The zero-order chi connectivity index (χ0) is 39.4. The Morgan fingerprint density at radius 2 is 1.19 bits per heavy atom. The van der Waals surface area contributed by atoms with Gasteiger partial charge < -0.3 is 19.3 Å². The van der Waals surface area contributed by atoms with E-state index in [0.29, 0.717) is 59.4 Å². The number of carbonyl (C=O) groups excluding carboxylic acids is 3. The number of fused-ring (bicyclic) bond motifs is 22. The molecule has 20 atom stereocenters. The maximum absolute atomic E-state index is 12.2. The molecule has 1 saturated heterocycles. The number of ether oxygens (including phenoxy) is 3. The summed E-state index contributed by atoms with van der Waals surface area (Å²) in [5.74, 6) is 10.7. The largest absolute Gasteiger partial charge is 0.458 e. The van der Waals surface area contributed by atoms with Gasteiger partial charge in [0.05, 0.1) is 5.60 Å². The molecule has 57 heavy (non-hydrogen) atoms. The summed E-state index contributed by atoms with van der Waals surface area (Å²) in [5.41, 5.74) is 3.02. The van der Waals surface area contributed by atoms with Crippen LogP contribution in [0.5, 0.6) is 0 Å². The first-order valence-corrected chi connectivity index (χ1v) is 23.7. The predicted molar refractivity (Wildman–Crippen MR) is 213 cm³/mol. The Balaban J connectivity index is 0.000000125. The summed E-state index contributed by atoms with van der Waals surface area (Å²) in [5, 5.41) is 12.2. The van der Waals surface area contributed by atoms with Crippen LogP contribution in [0.3, 0.4) is 0 Å². The highest BCUT2D eigenvalue weighted by Crippen LogP contribution is 2.83. The predicted octanol–water partition coefficient (Wildman–Crippen LogP) is 8.67. The summed E-state index contributed by atoms with van der Waals surface area (Å²) in [7, 11) is 3.39. The first-order chi connectivity index (χ1) is 27.2. The molecule has 0 amide bonds. The van der Waals surface area contributed by atoms with Crippen molar-refractivity contribution in [2.75, 3.05) is 14.2 Å². The summed E-state index contributed by atoms with van der Waals surface area (Å²) in [6.45, 7) is 9.89. The van der Waals surface area contributed by atoms with Crippen molar-refractivity contribution in [2.45, 2.75) is 148 Å². The first-order valence-electron chi connectivity index (χ1n) is 23.7. The minimum Gasteiger partial charge on any atom is -0.458 e. The van der Waals surface area contributed by atoms with Crippen molar-refractivity contribution in [3.63, 3.8) is 0 Å². The average Bonchev–Trinajstić information content (AvgIpc) is 4.02. The van der Waals surface area contributed by atoms with Crippen molar-refractivity contribution in [3.05, 3.63) is 23.3 Å². The standard InChI is InChI=1S/C26H38O4.C24H30O3/c1-24-8-5-14(27)11-19(24)15-12-16(15)22-18(24)6-9-25(2)23(22)17-13-20(17)26(25,28)10-7-21(29-3)30-4;1-22-6-3-12(25)9-17(22)13-10-14(13)20-16(22)4-7-23(2)21(20)15-11-18(15)24(23)8-5-19(26)27-24/h11,15-18,20-23,28H,5-10,12-13H2,1-4H3;9,13-16,18,20-21H,3-8,10-11H2,1-2H3/t15-,16+,17-,18?,20+,22?,23?,24-,25+,26+;13-,14+,15-,16?,18+,20?,21?,22-,23+,24+/m11/s1. The Hall–Kier alpha value is -1.83. The smallest absolute Gasteiger partial charge is 0.306 e. The fourth-order valence-electron chi connectivity index (χ4n) is 19.4. The van der Waals surface area contributed by atoms with Crippen LogP contribution in [0.1, 0.15) is 130 Å². The number of carbonyl (C=O) groups is 3. The molecule has 0 bridgehead atoms. The van der Waals surface area contributed by atoms with Crippen LogP contribution in [0.4, 0.5) is 0 Å². The molecule has 310 valence electrons. The molecular weight excluding hydrogens is 713 g/mol. The molecule has 13 rings (SSSR count). The minimum absolute atomic E-state index is 0.0169. The second-order valence-electron chi connectivity index (χ2n) is 23.6. The number of methoxy groups -OCH3 is 2. The van der Waals surface area contributed by atoms with E-state index < -0.39 is 5.60 Å². The van der Waals surface area contributed by atoms with Crippen LogP contribution in [0.15, 0.2) is 23.3 Å². The zero-order valence-electron chi connectivity index (χ0n) is 35.5. The van der Waals surface area contributed by atoms with Crippen LogP contribution < -0.4 is 0 Å². The number of ketones is 2. The van der Waals surface area contributed by atoms with E-state index in [2.05, 4.69) is 39.8 Å². The van der Waals surface area contributed by atoms with Crippen LogP contribution in [-0.4, -0.2) is 54.4 Å². The number of aliphatic hydroxyl groups is 1. The molecule has 1 spiro atoms. The SMILES string of the molecule is COC(CC[C@]1(O)[C@H]2C[C@H]2C2C3C(CC[C@@]21C)[C@@]1(C)CCC(=O)C=C1[C@@H]1C[C@H]31)OC.C[C@]12CCC(=O)C=C1[C@@H]1C[C@@H]1C1C2CC[C@@]2(C)C1[C@@H]1C[C@@H]1[C@@]21CCC(=O)O1. The molecule has 11 fully saturated rings. The summed E-state index contributed by atoms with van der Waals surface area (Å²) in [6, 6.07) is 0. The molecule has 12 aliphatic carbocycles. The van der Waals surface area contributed by atoms with Crippen molar-refractivity contribution in [1.29, 1.82) is 0 Å². The van der Waals surface area contributed by atoms with Gasteiger partial charge in [-0.05, 0) is 182 Å². The number of allylic oxidation sites excluding steroid dienone is 2. The van der Waals surface area contributed by atoms with Crippen molar-refractivity contribution in [2.24, 2.45) is 105 Å². The molecule has 0 radical (unpaired) electrons. The Kier molecular flexibility index (Phi) is 7.49. The van der Waals surface area contributed by atoms with E-state index in [4.69, 9.17) is 14.2 Å². The summed E-state index contributed by atoms with van der Waals surface area (Å²) < 4.78 is 17.1. The number of hydrogen-bond donors (Lipinski definition) is 1. The molecule has 1 aliphatic heterocycles. The van der Waals surface area contributed by atoms with Crippen LogP contribution in [-0.2, 0) is 28.6 Å². The van der Waals surface area contributed by atoms with Gasteiger partial charge >= 0.3 is 5.97 Å². The Morgan fingerprint density at radius 1 is 0.667 bits per heavy atom. The molecule has 6 unspecified atom stereocenters. The van der Waals surface area contributed by atoms with E-state index in [1.165, 1.54) is 56.1 Å². The van der Waals surface area contributed by atoms with Gasteiger partial charge in [0.25, 0.3) is 0 Å². The van der Waals surface area contributed by atoms with Crippen LogP contribution in [0.25, 0.3) is 0 Å². The lowest BCUT2D eigenvalue weighted by atomic mass is 9.45. The maximum Gasteiger partial charge on any atom is 0.306 e. The van der Waals surface area contributed by atoms with Crippen LogP contribution in [0, 0.1) is 105 Å². The first kappa shape index (κ1) is 37.0. The second kappa shape index (κ2) is 11.5. The van der Waals surface area contributed by atoms with E-state index in [1.54, 1.807) is 14.2 Å². The van der Waals surface area contributed by atoms with E-state index in [-0.39, 0.29) is 39.5 Å². The molecule has 7 heteroatoms. The highest BCUT2D eigenvalue weighted by Gasteiger charge is 2.82. The highest BCUT2D eigenvalue weighted by molar-refractivity contribution is 5.92. The van der Waals surface area contributed by atoms with Gasteiger partial charge in [-0.2, -0.15) is 0 Å². The van der Waals surface area contributed by atoms with Crippen molar-refractivity contribution >= 4 is 17.5 Å². The van der Waals surface area contributed by atoms with E-state index in [9.17, 15) is 19.5 Å². The van der Waals surface area contributed by atoms with E-state index in [0.717, 1.165) is 92.8 Å². The Morgan fingerprint density at radius 3 is 1.74 bits per heavy atom. The Bertz CT molecular complexity index is 1900. The van der Waals surface area contributed by atoms with Gasteiger partial charge in [-0.25, -0.2) is 0 Å². The monoisotopic (exact) mass is 780 g/mol. The number of esters is 1. The third-order valence-electron chi connectivity index (χ3n) is 22.1. The molecule has 0 aromatic rings. The molecule has 10 saturated carbocycles. The highest BCUT2D eigenvalue weighted by atomic mass is 16.7. The van der Waals surface area contributed by atoms with Gasteiger partial charge in [-0.3, -0.25) is 14.4 Å². The van der Waals surface area contributed by atoms with Gasteiger partial charge in [0.15, 0.2) is 17.9 Å². The lowest BCUT2D eigenvalue weighted by molar-refractivity contribution is -0.177. The molecule has 1 heterocycles. The van der Waals surface area contributed by atoms with Crippen LogP contribution in [0.2, 0.25) is 0 Å². The molecular formula is C50H68O7. The maximum atomic E-state index is 12.2. The fraction of sp³-hybridized carbons (Fsp3) is 0.860. The van der Waals surface area contributed by atoms with Crippen molar-refractivity contribution < 1.29 is 33.7 Å². The lowest BCUT2D eigenvalue weighted by Gasteiger charge is -2.60. The number of hydrogen-bond acceptors (Lipinski definition) is 7. The normalized spacial score (nSPS) is 58.4. The van der Waals surface area contributed by atoms with E-state index in [1.807, 2.05) is 0 Å². The molecule has 7 nitrogen and oxygen atoms in total. The van der Waals surface area contributed by atoms with Gasteiger partial charge in [0, 0.05) is 51.2 Å².